The maximum Gasteiger partial charge on any atom is 0.246 e. The molecule has 0 aromatic heterocycles. The number of halogens is 1. The summed E-state index contributed by atoms with van der Waals surface area (Å²) in [7, 11) is -3.72. The van der Waals surface area contributed by atoms with E-state index in [1.54, 1.807) is 6.07 Å². The molecule has 1 aliphatic rings. The topological polar surface area (TPSA) is 49.4 Å². The first-order chi connectivity index (χ1) is 9.46. The molecule has 20 heavy (non-hydrogen) atoms. The van der Waals surface area contributed by atoms with Gasteiger partial charge in [0.05, 0.1) is 0 Å². The third-order valence-electron chi connectivity index (χ3n) is 3.65. The van der Waals surface area contributed by atoms with Crippen LogP contribution in [0.15, 0.2) is 23.1 Å². The van der Waals surface area contributed by atoms with E-state index in [2.05, 4.69) is 5.32 Å². The number of sulfonamides is 1. The Morgan fingerprint density at radius 1 is 1.45 bits per heavy atom. The molecule has 1 saturated heterocycles. The molecular weight excluding hydrogens is 279 g/mol. The Hall–Kier alpha value is -0.980. The fourth-order valence-corrected chi connectivity index (χ4v) is 4.27. The summed E-state index contributed by atoms with van der Waals surface area (Å²) in [5.41, 5.74) is 0.748. The maximum absolute atomic E-state index is 14.1. The molecule has 0 radical (unpaired) electrons. The molecule has 1 atom stereocenters. The van der Waals surface area contributed by atoms with E-state index in [-0.39, 0.29) is 10.9 Å². The van der Waals surface area contributed by atoms with Gasteiger partial charge >= 0.3 is 0 Å². The average molecular weight is 300 g/mol. The highest BCUT2D eigenvalue weighted by molar-refractivity contribution is 7.89. The van der Waals surface area contributed by atoms with Crippen molar-refractivity contribution in [1.29, 1.82) is 0 Å². The van der Waals surface area contributed by atoms with E-state index >= 15 is 0 Å². The molecule has 4 nitrogen and oxygen atoms in total. The van der Waals surface area contributed by atoms with Crippen LogP contribution in [-0.2, 0) is 16.6 Å². The lowest BCUT2D eigenvalue weighted by Crippen LogP contribution is -2.34. The summed E-state index contributed by atoms with van der Waals surface area (Å²) in [5, 5.41) is 3.09. The Morgan fingerprint density at radius 3 is 2.75 bits per heavy atom. The van der Waals surface area contributed by atoms with Crippen molar-refractivity contribution in [3.05, 3.63) is 29.6 Å². The molecule has 1 heterocycles. The van der Waals surface area contributed by atoms with Crippen LogP contribution in [0.2, 0.25) is 0 Å². The Balaban J connectivity index is 2.28. The Bertz CT molecular complexity index is 575. The van der Waals surface area contributed by atoms with Gasteiger partial charge in [0.2, 0.25) is 10.0 Å². The smallest absolute Gasteiger partial charge is 0.246 e. The van der Waals surface area contributed by atoms with Crippen LogP contribution in [0.5, 0.6) is 0 Å². The highest BCUT2D eigenvalue weighted by atomic mass is 32.2. The highest BCUT2D eigenvalue weighted by Crippen LogP contribution is 2.27. The van der Waals surface area contributed by atoms with Gasteiger partial charge in [-0.05, 0) is 44.0 Å². The zero-order valence-corrected chi connectivity index (χ0v) is 12.7. The monoisotopic (exact) mass is 300 g/mol. The minimum absolute atomic E-state index is 0.0548. The van der Waals surface area contributed by atoms with Crippen LogP contribution in [0.4, 0.5) is 4.39 Å². The molecule has 1 aliphatic heterocycles. The number of hydrogen-bond donors (Lipinski definition) is 1. The van der Waals surface area contributed by atoms with Gasteiger partial charge in [-0.15, -0.1) is 0 Å². The molecule has 0 bridgehead atoms. The first kappa shape index (κ1) is 15.4. The molecule has 0 saturated carbocycles. The number of benzene rings is 1. The van der Waals surface area contributed by atoms with Crippen molar-refractivity contribution >= 4 is 10.0 Å². The lowest BCUT2D eigenvalue weighted by Gasteiger charge is -2.21. The molecule has 0 spiro atoms. The average Bonchev–Trinajstić information content (AvgIpc) is 2.83. The predicted molar refractivity (Wildman–Crippen MR) is 76.4 cm³/mol. The van der Waals surface area contributed by atoms with E-state index in [4.69, 9.17) is 0 Å². The van der Waals surface area contributed by atoms with Gasteiger partial charge in [-0.25, -0.2) is 12.8 Å². The Labute approximate surface area is 120 Å². The molecule has 2 rings (SSSR count). The van der Waals surface area contributed by atoms with Crippen LogP contribution in [0.3, 0.4) is 0 Å². The summed E-state index contributed by atoms with van der Waals surface area (Å²) in [5.74, 6) is -0.667. The largest absolute Gasteiger partial charge is 0.313 e. The fraction of sp³-hybridized carbons (Fsp3) is 0.571. The molecule has 1 fully saturated rings. The first-order valence-electron chi connectivity index (χ1n) is 6.97. The van der Waals surface area contributed by atoms with E-state index < -0.39 is 15.8 Å². The number of nitrogens with zero attached hydrogens (tertiary/aromatic N) is 1. The van der Waals surface area contributed by atoms with Crippen molar-refractivity contribution in [3.8, 4) is 0 Å². The minimum atomic E-state index is -3.72. The molecule has 1 aromatic carbocycles. The second-order valence-electron chi connectivity index (χ2n) is 5.15. The van der Waals surface area contributed by atoms with Crippen LogP contribution in [0.25, 0.3) is 0 Å². The number of nitrogens with one attached hydrogen (secondary N) is 1. The van der Waals surface area contributed by atoms with Crippen molar-refractivity contribution < 1.29 is 12.8 Å². The van der Waals surface area contributed by atoms with Gasteiger partial charge in [-0.1, -0.05) is 13.0 Å². The van der Waals surface area contributed by atoms with Crippen LogP contribution in [0.1, 0.15) is 32.3 Å². The summed E-state index contributed by atoms with van der Waals surface area (Å²) in [6.45, 7) is 5.62. The van der Waals surface area contributed by atoms with E-state index in [1.807, 2.05) is 13.8 Å². The third kappa shape index (κ3) is 3.02. The summed E-state index contributed by atoms with van der Waals surface area (Å²) < 4.78 is 40.4. The number of rotatable bonds is 5. The van der Waals surface area contributed by atoms with Gasteiger partial charge in [-0.2, -0.15) is 4.31 Å². The quantitative estimate of drug-likeness (QED) is 0.906. The number of hydrogen-bond acceptors (Lipinski definition) is 3. The molecule has 112 valence electrons. The lowest BCUT2D eigenvalue weighted by atomic mass is 10.2. The summed E-state index contributed by atoms with van der Waals surface area (Å²) >= 11 is 0. The van der Waals surface area contributed by atoms with Crippen LogP contribution in [-0.4, -0.2) is 31.9 Å². The summed E-state index contributed by atoms with van der Waals surface area (Å²) in [4.78, 5) is -0.216. The Kier molecular flexibility index (Phi) is 4.78. The van der Waals surface area contributed by atoms with E-state index in [9.17, 15) is 12.8 Å². The second-order valence-corrected chi connectivity index (χ2v) is 7.01. The zero-order valence-electron chi connectivity index (χ0n) is 11.9. The van der Waals surface area contributed by atoms with Gasteiger partial charge < -0.3 is 5.32 Å². The first-order valence-corrected chi connectivity index (χ1v) is 8.41. The summed E-state index contributed by atoms with van der Waals surface area (Å²) in [6.07, 6.45) is 1.67. The third-order valence-corrected chi connectivity index (χ3v) is 5.70. The van der Waals surface area contributed by atoms with Crippen molar-refractivity contribution in [2.45, 2.75) is 44.2 Å². The van der Waals surface area contributed by atoms with Gasteiger partial charge in [0.1, 0.15) is 10.7 Å². The molecule has 0 aliphatic carbocycles. The van der Waals surface area contributed by atoms with Crippen molar-refractivity contribution in [2.75, 3.05) is 13.1 Å². The standard InChI is InChI=1S/C14H21FN2O2S/c1-3-16-10-12-6-7-14(13(15)9-12)20(18,19)17-8-4-5-11(17)2/h6-7,9,11,16H,3-5,8,10H2,1-2H3. The lowest BCUT2D eigenvalue weighted by molar-refractivity contribution is 0.405. The SMILES string of the molecule is CCNCc1ccc(S(=O)(=O)N2CCCC2C)c(F)c1. The van der Waals surface area contributed by atoms with E-state index in [0.717, 1.165) is 24.9 Å². The van der Waals surface area contributed by atoms with Gasteiger partial charge in [0.15, 0.2) is 0 Å². The highest BCUT2D eigenvalue weighted by Gasteiger charge is 2.34. The van der Waals surface area contributed by atoms with Crippen molar-refractivity contribution in [1.82, 2.24) is 9.62 Å². The van der Waals surface area contributed by atoms with Gasteiger partial charge in [-0.3, -0.25) is 0 Å². The van der Waals surface area contributed by atoms with E-state index in [0.29, 0.717) is 13.1 Å². The normalized spacial score (nSPS) is 20.4. The maximum atomic E-state index is 14.1. The molecular formula is C14H21FN2O2S. The Morgan fingerprint density at radius 2 is 2.20 bits per heavy atom. The van der Waals surface area contributed by atoms with Gasteiger partial charge in [0.25, 0.3) is 0 Å². The molecule has 1 N–H and O–H groups in total. The fourth-order valence-electron chi connectivity index (χ4n) is 2.52. The zero-order chi connectivity index (χ0) is 14.8. The van der Waals surface area contributed by atoms with E-state index in [1.165, 1.54) is 16.4 Å². The van der Waals surface area contributed by atoms with Crippen molar-refractivity contribution in [2.24, 2.45) is 0 Å². The molecule has 0 amide bonds. The van der Waals surface area contributed by atoms with Gasteiger partial charge in [0, 0.05) is 19.1 Å². The van der Waals surface area contributed by atoms with Crippen LogP contribution in [0, 0.1) is 5.82 Å². The van der Waals surface area contributed by atoms with Crippen LogP contribution >= 0.6 is 0 Å². The minimum Gasteiger partial charge on any atom is -0.313 e. The van der Waals surface area contributed by atoms with Crippen LogP contribution < -0.4 is 5.32 Å². The second kappa shape index (κ2) is 6.20. The summed E-state index contributed by atoms with van der Waals surface area (Å²) in [6, 6.07) is 4.29. The predicted octanol–water partition coefficient (Wildman–Crippen LogP) is 2.11. The molecule has 6 heteroatoms. The molecule has 1 aromatic rings. The van der Waals surface area contributed by atoms with Crippen molar-refractivity contribution in [3.63, 3.8) is 0 Å². The molecule has 1 unspecified atom stereocenters.